The van der Waals surface area contributed by atoms with Gasteiger partial charge in [-0.25, -0.2) is 9.50 Å². The van der Waals surface area contributed by atoms with Crippen molar-refractivity contribution in [1.29, 1.82) is 0 Å². The highest BCUT2D eigenvalue weighted by Crippen LogP contribution is 2.03. The number of hydrogen-bond donors (Lipinski definition) is 0. The molecule has 6 nitrogen and oxygen atoms in total. The quantitative estimate of drug-likeness (QED) is 0.480. The van der Waals surface area contributed by atoms with Crippen molar-refractivity contribution in [2.45, 2.75) is 0 Å². The van der Waals surface area contributed by atoms with Crippen molar-refractivity contribution >= 4 is 16.9 Å². The number of rotatable bonds is 0. The molecule has 0 aliphatic heterocycles. The molecule has 0 saturated heterocycles. The number of hydrogen-bond acceptors (Lipinski definition) is 5. The predicted octanol–water partition coefficient (Wildman–Crippen LogP) is 0.0675. The molecule has 0 amide bonds. The van der Waals surface area contributed by atoms with Crippen molar-refractivity contribution in [3.63, 3.8) is 0 Å². The number of nitrogens with zero attached hydrogens (tertiary/aromatic N) is 6. The van der Waals surface area contributed by atoms with E-state index in [0.717, 1.165) is 0 Å². The molecular weight excluding hydrogens is 168 g/mol. The molecule has 3 heterocycles. The van der Waals surface area contributed by atoms with E-state index in [1.165, 1.54) is 0 Å². The van der Waals surface area contributed by atoms with Gasteiger partial charge >= 0.3 is 0 Å². The van der Waals surface area contributed by atoms with Gasteiger partial charge in [0.15, 0.2) is 0 Å². The first kappa shape index (κ1) is 6.41. The average Bonchev–Trinajstić information content (AvgIpc) is 2.61. The third kappa shape index (κ3) is 0.851. The van der Waals surface area contributed by atoms with Crippen LogP contribution in [0.2, 0.25) is 0 Å². The van der Waals surface area contributed by atoms with Gasteiger partial charge in [-0.15, -0.1) is 5.10 Å². The molecule has 0 fully saturated rings. The molecule has 6 heteroatoms. The standard InChI is InChI=1S/C7H4N6/c1-2-9-11-6-5(1)12-13-4-3-8-7(13)10-6/h1-4H. The van der Waals surface area contributed by atoms with E-state index in [1.807, 2.05) is 0 Å². The van der Waals surface area contributed by atoms with Crippen molar-refractivity contribution in [1.82, 2.24) is 29.8 Å². The topological polar surface area (TPSA) is 68.9 Å². The van der Waals surface area contributed by atoms with Gasteiger partial charge in [0.2, 0.25) is 5.65 Å². The van der Waals surface area contributed by atoms with E-state index < -0.39 is 0 Å². The minimum absolute atomic E-state index is 0.515. The van der Waals surface area contributed by atoms with Gasteiger partial charge in [0, 0.05) is 6.20 Å². The monoisotopic (exact) mass is 172 g/mol. The summed E-state index contributed by atoms with van der Waals surface area (Å²) in [6.07, 6.45) is 4.96. The first-order chi connectivity index (χ1) is 6.43. The lowest BCUT2D eigenvalue weighted by molar-refractivity contribution is 0.921. The van der Waals surface area contributed by atoms with Crippen molar-refractivity contribution in [2.75, 3.05) is 0 Å². The summed E-state index contributed by atoms with van der Waals surface area (Å²) >= 11 is 0. The SMILES string of the molecule is c1cc2nn3ccnc3nc2nn1. The first-order valence-electron chi connectivity index (χ1n) is 3.72. The Balaban J connectivity index is 2.57. The van der Waals surface area contributed by atoms with Crippen molar-refractivity contribution < 1.29 is 0 Å². The van der Waals surface area contributed by atoms with E-state index in [9.17, 15) is 0 Å². The van der Waals surface area contributed by atoms with Crippen LogP contribution in [0.15, 0.2) is 24.7 Å². The fourth-order valence-electron chi connectivity index (χ4n) is 1.13. The van der Waals surface area contributed by atoms with Crippen molar-refractivity contribution in [3.8, 4) is 0 Å². The Hall–Kier alpha value is -2.11. The molecule has 0 atom stereocenters. The highest BCUT2D eigenvalue weighted by molar-refractivity contribution is 5.68. The van der Waals surface area contributed by atoms with Crippen LogP contribution >= 0.6 is 0 Å². The maximum Gasteiger partial charge on any atom is 0.252 e. The van der Waals surface area contributed by atoms with E-state index in [-0.39, 0.29) is 0 Å². The lowest BCUT2D eigenvalue weighted by atomic mass is 10.5. The highest BCUT2D eigenvalue weighted by Gasteiger charge is 2.01. The second kappa shape index (κ2) is 2.19. The zero-order chi connectivity index (χ0) is 8.67. The second-order valence-corrected chi connectivity index (χ2v) is 2.52. The van der Waals surface area contributed by atoms with Gasteiger partial charge in [-0.3, -0.25) is 0 Å². The largest absolute Gasteiger partial charge is 0.252 e. The minimum Gasteiger partial charge on any atom is -0.218 e. The Bertz CT molecular complexity index is 521. The van der Waals surface area contributed by atoms with Crippen LogP contribution in [0.1, 0.15) is 0 Å². The van der Waals surface area contributed by atoms with Gasteiger partial charge in [0.1, 0.15) is 5.52 Å². The van der Waals surface area contributed by atoms with E-state index in [0.29, 0.717) is 16.9 Å². The predicted molar refractivity (Wildman–Crippen MR) is 43.9 cm³/mol. The zero-order valence-electron chi connectivity index (χ0n) is 6.49. The van der Waals surface area contributed by atoms with Gasteiger partial charge in [0.05, 0.1) is 12.4 Å². The molecule has 0 radical (unpaired) electrons. The van der Waals surface area contributed by atoms with E-state index in [1.54, 1.807) is 29.2 Å². The Kier molecular flexibility index (Phi) is 1.08. The Morgan fingerprint density at radius 1 is 1.23 bits per heavy atom. The summed E-state index contributed by atoms with van der Waals surface area (Å²) < 4.78 is 1.60. The van der Waals surface area contributed by atoms with Crippen LogP contribution in [0, 0.1) is 0 Å². The van der Waals surface area contributed by atoms with Crippen LogP contribution in [-0.4, -0.2) is 29.8 Å². The van der Waals surface area contributed by atoms with Gasteiger partial charge in [-0.05, 0) is 6.07 Å². The maximum atomic E-state index is 4.23. The van der Waals surface area contributed by atoms with Gasteiger partial charge in [0.25, 0.3) is 5.78 Å². The normalized spacial score (nSPS) is 11.1. The van der Waals surface area contributed by atoms with Crippen LogP contribution < -0.4 is 0 Å². The van der Waals surface area contributed by atoms with Crippen LogP contribution in [0.4, 0.5) is 0 Å². The molecule has 13 heavy (non-hydrogen) atoms. The molecule has 0 bridgehead atoms. The van der Waals surface area contributed by atoms with E-state index in [4.69, 9.17) is 0 Å². The van der Waals surface area contributed by atoms with Crippen molar-refractivity contribution in [3.05, 3.63) is 24.7 Å². The summed E-state index contributed by atoms with van der Waals surface area (Å²) in [4.78, 5) is 8.14. The van der Waals surface area contributed by atoms with E-state index in [2.05, 4.69) is 25.3 Å². The Morgan fingerprint density at radius 2 is 2.23 bits per heavy atom. The maximum absolute atomic E-state index is 4.23. The van der Waals surface area contributed by atoms with Crippen LogP contribution in [0.25, 0.3) is 16.9 Å². The van der Waals surface area contributed by atoms with Crippen LogP contribution in [-0.2, 0) is 0 Å². The highest BCUT2D eigenvalue weighted by atomic mass is 15.3. The summed E-state index contributed by atoms with van der Waals surface area (Å²) in [6, 6.07) is 1.76. The Morgan fingerprint density at radius 3 is 3.23 bits per heavy atom. The minimum atomic E-state index is 0.515. The summed E-state index contributed by atoms with van der Waals surface area (Å²) in [5.74, 6) is 0.535. The molecule has 0 N–H and O–H groups in total. The molecule has 0 unspecified atom stereocenters. The summed E-state index contributed by atoms with van der Waals surface area (Å²) in [7, 11) is 0. The molecule has 0 saturated carbocycles. The molecule has 3 aromatic heterocycles. The number of imidazole rings is 1. The van der Waals surface area contributed by atoms with Gasteiger partial charge in [-0.2, -0.15) is 15.2 Å². The van der Waals surface area contributed by atoms with Gasteiger partial charge in [-0.1, -0.05) is 0 Å². The molecule has 3 rings (SSSR count). The Labute approximate surface area is 72.3 Å². The fraction of sp³-hybridized carbons (Fsp3) is 0. The molecule has 0 aliphatic rings. The summed E-state index contributed by atoms with van der Waals surface area (Å²) in [6.45, 7) is 0. The summed E-state index contributed by atoms with van der Waals surface area (Å²) in [5, 5.41) is 11.8. The van der Waals surface area contributed by atoms with Crippen LogP contribution in [0.5, 0.6) is 0 Å². The van der Waals surface area contributed by atoms with Crippen molar-refractivity contribution in [2.24, 2.45) is 0 Å². The first-order valence-corrected chi connectivity index (χ1v) is 3.72. The average molecular weight is 172 g/mol. The number of aromatic nitrogens is 6. The third-order valence-electron chi connectivity index (χ3n) is 1.70. The third-order valence-corrected chi connectivity index (χ3v) is 1.70. The zero-order valence-corrected chi connectivity index (χ0v) is 6.49. The lowest BCUT2D eigenvalue weighted by Crippen LogP contribution is -1.97. The van der Waals surface area contributed by atoms with Gasteiger partial charge < -0.3 is 0 Å². The second-order valence-electron chi connectivity index (χ2n) is 2.52. The lowest BCUT2D eigenvalue weighted by Gasteiger charge is -1.94. The fourth-order valence-corrected chi connectivity index (χ4v) is 1.13. The van der Waals surface area contributed by atoms with Crippen LogP contribution in [0.3, 0.4) is 0 Å². The molecule has 3 aromatic rings. The molecular formula is C7H4N6. The summed E-state index contributed by atoms with van der Waals surface area (Å²) in [5.41, 5.74) is 1.22. The van der Waals surface area contributed by atoms with E-state index >= 15 is 0 Å². The molecule has 62 valence electrons. The molecule has 0 aliphatic carbocycles. The number of fused-ring (bicyclic) bond motifs is 2. The molecule has 0 aromatic carbocycles. The smallest absolute Gasteiger partial charge is 0.218 e. The molecule has 0 spiro atoms.